The van der Waals surface area contributed by atoms with Crippen molar-refractivity contribution in [3.05, 3.63) is 64.3 Å². The summed E-state index contributed by atoms with van der Waals surface area (Å²) in [5.74, 6) is -0.384. The van der Waals surface area contributed by atoms with Crippen LogP contribution in [0.15, 0.2) is 58.8 Å². The standard InChI is InChI=1S/C18H12N2O3S/c21-15-6-5-10(7-16(15)22)14-9-24-18(20-14)12-8-19-13-4-2-1-3-11(13)17(12)23/h1-9,21-22H,(H,19,23). The first kappa shape index (κ1) is 14.5. The van der Waals surface area contributed by atoms with E-state index in [0.717, 1.165) is 5.52 Å². The maximum absolute atomic E-state index is 12.6. The number of phenolic OH excluding ortho intramolecular Hbond substituents is 2. The van der Waals surface area contributed by atoms with Crippen LogP contribution in [0.1, 0.15) is 0 Å². The van der Waals surface area contributed by atoms with Crippen molar-refractivity contribution in [3.63, 3.8) is 0 Å². The molecule has 0 bridgehead atoms. The molecule has 0 aliphatic heterocycles. The third-order valence-corrected chi connectivity index (χ3v) is 4.67. The Balaban J connectivity index is 1.82. The number of thiazole rings is 1. The smallest absolute Gasteiger partial charge is 0.199 e. The topological polar surface area (TPSA) is 86.2 Å². The van der Waals surface area contributed by atoms with Crippen molar-refractivity contribution in [1.29, 1.82) is 0 Å². The quantitative estimate of drug-likeness (QED) is 0.487. The molecule has 2 aromatic carbocycles. The number of aromatic amines is 1. The van der Waals surface area contributed by atoms with Crippen molar-refractivity contribution in [2.45, 2.75) is 0 Å². The fourth-order valence-corrected chi connectivity index (χ4v) is 3.38. The van der Waals surface area contributed by atoms with Gasteiger partial charge in [-0.05, 0) is 30.3 Å². The lowest BCUT2D eigenvalue weighted by atomic mass is 10.1. The highest BCUT2D eigenvalue weighted by Gasteiger charge is 2.13. The molecule has 2 heterocycles. The zero-order chi connectivity index (χ0) is 16.7. The third kappa shape index (κ3) is 2.33. The Morgan fingerprint density at radius 2 is 1.88 bits per heavy atom. The van der Waals surface area contributed by atoms with Crippen LogP contribution in [0.2, 0.25) is 0 Å². The van der Waals surface area contributed by atoms with Crippen LogP contribution in [0.4, 0.5) is 0 Å². The number of para-hydroxylation sites is 1. The van der Waals surface area contributed by atoms with Crippen LogP contribution in [0.5, 0.6) is 11.5 Å². The summed E-state index contributed by atoms with van der Waals surface area (Å²) in [5.41, 5.74) is 2.53. The van der Waals surface area contributed by atoms with Gasteiger partial charge in [0.1, 0.15) is 5.01 Å². The first-order valence-corrected chi connectivity index (χ1v) is 8.10. The Labute approximate surface area is 140 Å². The zero-order valence-electron chi connectivity index (χ0n) is 12.4. The predicted molar refractivity (Wildman–Crippen MR) is 94.4 cm³/mol. The summed E-state index contributed by atoms with van der Waals surface area (Å²) in [6.45, 7) is 0. The van der Waals surface area contributed by atoms with Gasteiger partial charge in [0.25, 0.3) is 0 Å². The molecule has 5 nitrogen and oxygen atoms in total. The van der Waals surface area contributed by atoms with Crippen LogP contribution in [0, 0.1) is 0 Å². The van der Waals surface area contributed by atoms with Gasteiger partial charge in [0.05, 0.1) is 11.3 Å². The number of pyridine rings is 1. The van der Waals surface area contributed by atoms with E-state index in [0.29, 0.717) is 27.2 Å². The van der Waals surface area contributed by atoms with Crippen LogP contribution < -0.4 is 5.43 Å². The highest BCUT2D eigenvalue weighted by molar-refractivity contribution is 7.13. The molecule has 0 aliphatic carbocycles. The van der Waals surface area contributed by atoms with Crippen molar-refractivity contribution < 1.29 is 10.2 Å². The summed E-state index contributed by atoms with van der Waals surface area (Å²) in [6, 6.07) is 11.9. The second-order valence-corrected chi connectivity index (χ2v) is 6.18. The van der Waals surface area contributed by atoms with Crippen molar-refractivity contribution in [1.82, 2.24) is 9.97 Å². The van der Waals surface area contributed by atoms with Gasteiger partial charge < -0.3 is 15.2 Å². The van der Waals surface area contributed by atoms with Gasteiger partial charge in [0, 0.05) is 28.0 Å². The number of hydrogen-bond acceptors (Lipinski definition) is 5. The van der Waals surface area contributed by atoms with E-state index in [2.05, 4.69) is 9.97 Å². The van der Waals surface area contributed by atoms with Crippen LogP contribution in [-0.2, 0) is 0 Å². The molecule has 118 valence electrons. The van der Waals surface area contributed by atoms with Gasteiger partial charge in [-0.15, -0.1) is 11.3 Å². The minimum absolute atomic E-state index is 0.0706. The molecule has 4 aromatic rings. The largest absolute Gasteiger partial charge is 0.504 e. The minimum atomic E-state index is -0.203. The average Bonchev–Trinajstić information content (AvgIpc) is 3.08. The molecule has 0 aliphatic rings. The molecule has 0 saturated heterocycles. The lowest BCUT2D eigenvalue weighted by Crippen LogP contribution is -2.05. The van der Waals surface area contributed by atoms with E-state index >= 15 is 0 Å². The molecule has 0 fully saturated rings. The highest BCUT2D eigenvalue weighted by atomic mass is 32.1. The maximum atomic E-state index is 12.6. The first-order chi connectivity index (χ1) is 11.6. The number of nitrogens with zero attached hydrogens (tertiary/aromatic N) is 1. The Kier molecular flexibility index (Phi) is 3.32. The van der Waals surface area contributed by atoms with Gasteiger partial charge in [-0.1, -0.05) is 12.1 Å². The van der Waals surface area contributed by atoms with Crippen molar-refractivity contribution in [2.75, 3.05) is 0 Å². The van der Waals surface area contributed by atoms with E-state index in [-0.39, 0.29) is 16.9 Å². The van der Waals surface area contributed by atoms with E-state index in [1.54, 1.807) is 18.3 Å². The molecular formula is C18H12N2O3S. The summed E-state index contributed by atoms with van der Waals surface area (Å²) in [5, 5.41) is 22.1. The van der Waals surface area contributed by atoms with Gasteiger partial charge in [-0.25, -0.2) is 4.98 Å². The van der Waals surface area contributed by atoms with Gasteiger partial charge >= 0.3 is 0 Å². The lowest BCUT2D eigenvalue weighted by Gasteiger charge is -2.01. The van der Waals surface area contributed by atoms with E-state index in [1.807, 2.05) is 23.6 Å². The maximum Gasteiger partial charge on any atom is 0.199 e. The molecule has 4 rings (SSSR count). The molecule has 0 spiro atoms. The number of nitrogens with one attached hydrogen (secondary N) is 1. The number of phenols is 2. The number of rotatable bonds is 2. The lowest BCUT2D eigenvalue weighted by molar-refractivity contribution is 0.404. The molecular weight excluding hydrogens is 324 g/mol. The molecule has 0 amide bonds. The van der Waals surface area contributed by atoms with Crippen LogP contribution in [0.3, 0.4) is 0 Å². The monoisotopic (exact) mass is 336 g/mol. The van der Waals surface area contributed by atoms with Crippen molar-refractivity contribution >= 4 is 22.2 Å². The Morgan fingerprint density at radius 3 is 2.71 bits per heavy atom. The summed E-state index contributed by atoms with van der Waals surface area (Å²) in [7, 11) is 0. The zero-order valence-corrected chi connectivity index (χ0v) is 13.2. The number of H-pyrrole nitrogens is 1. The Bertz CT molecular complexity index is 1110. The summed E-state index contributed by atoms with van der Waals surface area (Å²) in [6.07, 6.45) is 1.67. The predicted octanol–water partition coefficient (Wildman–Crippen LogP) is 3.73. The van der Waals surface area contributed by atoms with E-state index in [4.69, 9.17) is 0 Å². The molecule has 3 N–H and O–H groups in total. The molecule has 0 radical (unpaired) electrons. The fraction of sp³-hybridized carbons (Fsp3) is 0. The Morgan fingerprint density at radius 1 is 1.04 bits per heavy atom. The number of aromatic hydroxyl groups is 2. The van der Waals surface area contributed by atoms with Gasteiger partial charge in [0.15, 0.2) is 16.9 Å². The normalized spacial score (nSPS) is 11.0. The minimum Gasteiger partial charge on any atom is -0.504 e. The second-order valence-electron chi connectivity index (χ2n) is 5.32. The third-order valence-electron chi connectivity index (χ3n) is 3.79. The molecule has 6 heteroatoms. The Hall–Kier alpha value is -3.12. The van der Waals surface area contributed by atoms with Crippen molar-refractivity contribution in [3.8, 4) is 33.3 Å². The number of aromatic nitrogens is 2. The van der Waals surface area contributed by atoms with E-state index < -0.39 is 0 Å². The second kappa shape index (κ2) is 5.50. The van der Waals surface area contributed by atoms with Gasteiger partial charge in [-0.3, -0.25) is 4.79 Å². The van der Waals surface area contributed by atoms with Crippen LogP contribution in [-0.4, -0.2) is 20.2 Å². The van der Waals surface area contributed by atoms with Gasteiger partial charge in [-0.2, -0.15) is 0 Å². The summed E-state index contributed by atoms with van der Waals surface area (Å²) in [4.78, 5) is 20.3. The number of fused-ring (bicyclic) bond motifs is 1. The molecule has 0 atom stereocenters. The molecule has 24 heavy (non-hydrogen) atoms. The first-order valence-electron chi connectivity index (χ1n) is 7.22. The summed E-state index contributed by atoms with van der Waals surface area (Å²) < 4.78 is 0. The average molecular weight is 336 g/mol. The highest BCUT2D eigenvalue weighted by Crippen LogP contribution is 2.32. The van der Waals surface area contributed by atoms with Crippen molar-refractivity contribution in [2.24, 2.45) is 0 Å². The molecule has 0 unspecified atom stereocenters. The fourth-order valence-electron chi connectivity index (χ4n) is 2.54. The molecule has 0 saturated carbocycles. The van der Waals surface area contributed by atoms with Crippen LogP contribution >= 0.6 is 11.3 Å². The van der Waals surface area contributed by atoms with Gasteiger partial charge in [0.2, 0.25) is 0 Å². The molecule has 2 aromatic heterocycles. The number of hydrogen-bond donors (Lipinski definition) is 3. The SMILES string of the molecule is O=c1c(-c2nc(-c3ccc(O)c(O)c3)cs2)c[nH]c2ccccc12. The van der Waals surface area contributed by atoms with Crippen LogP contribution in [0.25, 0.3) is 32.7 Å². The summed E-state index contributed by atoms with van der Waals surface area (Å²) >= 11 is 1.36. The van der Waals surface area contributed by atoms with E-state index in [9.17, 15) is 15.0 Å². The van der Waals surface area contributed by atoms with E-state index in [1.165, 1.54) is 23.5 Å². The number of benzene rings is 2.